The van der Waals surface area contributed by atoms with Crippen LogP contribution in [0.4, 0.5) is 0 Å². The van der Waals surface area contributed by atoms with E-state index in [0.29, 0.717) is 0 Å². The standard InChI is InChI=1S/C11H16O4/c1-8(11(13)14-2)7-10(12)15-9-5-3-4-6-9/h9H,1,3-7H2,2H3. The summed E-state index contributed by atoms with van der Waals surface area (Å²) in [5.41, 5.74) is 0.139. The van der Waals surface area contributed by atoms with Crippen molar-refractivity contribution in [1.82, 2.24) is 0 Å². The third-order valence-electron chi connectivity index (χ3n) is 2.43. The zero-order valence-corrected chi connectivity index (χ0v) is 8.95. The van der Waals surface area contributed by atoms with Gasteiger partial charge in [-0.05, 0) is 25.7 Å². The molecule has 0 amide bonds. The Balaban J connectivity index is 2.28. The Hall–Kier alpha value is -1.32. The first kappa shape index (κ1) is 11.8. The van der Waals surface area contributed by atoms with E-state index in [4.69, 9.17) is 4.74 Å². The van der Waals surface area contributed by atoms with E-state index < -0.39 is 11.9 Å². The van der Waals surface area contributed by atoms with Gasteiger partial charge in [0.2, 0.25) is 0 Å². The number of methoxy groups -OCH3 is 1. The molecule has 1 aliphatic rings. The van der Waals surface area contributed by atoms with E-state index >= 15 is 0 Å². The highest BCUT2D eigenvalue weighted by atomic mass is 16.5. The van der Waals surface area contributed by atoms with Crippen LogP contribution >= 0.6 is 0 Å². The number of hydrogen-bond donors (Lipinski definition) is 0. The molecule has 1 rings (SSSR count). The molecular formula is C11H16O4. The Bertz CT molecular complexity index is 264. The van der Waals surface area contributed by atoms with Gasteiger partial charge in [0.15, 0.2) is 0 Å². The largest absolute Gasteiger partial charge is 0.466 e. The minimum Gasteiger partial charge on any atom is -0.466 e. The lowest BCUT2D eigenvalue weighted by atomic mass is 10.2. The molecule has 0 bridgehead atoms. The van der Waals surface area contributed by atoms with E-state index in [-0.39, 0.29) is 18.1 Å². The molecule has 0 aromatic rings. The second kappa shape index (κ2) is 5.53. The molecule has 0 aromatic heterocycles. The minimum absolute atomic E-state index is 0.0305. The summed E-state index contributed by atoms with van der Waals surface area (Å²) >= 11 is 0. The molecule has 84 valence electrons. The van der Waals surface area contributed by atoms with Crippen LogP contribution in [0, 0.1) is 0 Å². The van der Waals surface area contributed by atoms with Crippen LogP contribution in [-0.2, 0) is 19.1 Å². The molecule has 4 nitrogen and oxygen atoms in total. The van der Waals surface area contributed by atoms with Crippen LogP contribution in [0.1, 0.15) is 32.1 Å². The van der Waals surface area contributed by atoms with E-state index in [2.05, 4.69) is 11.3 Å². The molecule has 0 aliphatic heterocycles. The zero-order chi connectivity index (χ0) is 11.3. The maximum atomic E-state index is 11.3. The number of esters is 2. The lowest BCUT2D eigenvalue weighted by Crippen LogP contribution is -2.17. The molecule has 1 aliphatic carbocycles. The fourth-order valence-corrected chi connectivity index (χ4v) is 1.62. The van der Waals surface area contributed by atoms with Gasteiger partial charge in [0.1, 0.15) is 6.10 Å². The molecule has 0 spiro atoms. The Morgan fingerprint density at radius 2 is 1.93 bits per heavy atom. The van der Waals surface area contributed by atoms with Gasteiger partial charge in [0, 0.05) is 5.57 Å². The molecule has 15 heavy (non-hydrogen) atoms. The van der Waals surface area contributed by atoms with Crippen molar-refractivity contribution in [3.8, 4) is 0 Å². The minimum atomic E-state index is -0.557. The van der Waals surface area contributed by atoms with Crippen LogP contribution < -0.4 is 0 Å². The number of carbonyl (C=O) groups is 2. The van der Waals surface area contributed by atoms with Gasteiger partial charge in [-0.25, -0.2) is 4.79 Å². The number of ether oxygens (including phenoxy) is 2. The smallest absolute Gasteiger partial charge is 0.333 e. The molecule has 1 saturated carbocycles. The molecule has 0 radical (unpaired) electrons. The summed E-state index contributed by atoms with van der Waals surface area (Å²) in [5.74, 6) is -0.948. The summed E-state index contributed by atoms with van der Waals surface area (Å²) in [6, 6.07) is 0. The van der Waals surface area contributed by atoms with Gasteiger partial charge in [-0.3, -0.25) is 4.79 Å². The summed E-state index contributed by atoms with van der Waals surface area (Å²) in [6.07, 6.45) is 4.02. The van der Waals surface area contributed by atoms with E-state index in [0.717, 1.165) is 25.7 Å². The third kappa shape index (κ3) is 3.73. The van der Waals surface area contributed by atoms with Crippen LogP contribution in [0.3, 0.4) is 0 Å². The summed E-state index contributed by atoms with van der Waals surface area (Å²) in [5, 5.41) is 0. The van der Waals surface area contributed by atoms with Gasteiger partial charge in [-0.2, -0.15) is 0 Å². The van der Waals surface area contributed by atoms with E-state index in [1.807, 2.05) is 0 Å². The molecule has 1 fully saturated rings. The van der Waals surface area contributed by atoms with Gasteiger partial charge < -0.3 is 9.47 Å². The summed E-state index contributed by atoms with van der Waals surface area (Å²) in [6.45, 7) is 3.46. The number of hydrogen-bond acceptors (Lipinski definition) is 4. The van der Waals surface area contributed by atoms with Crippen molar-refractivity contribution < 1.29 is 19.1 Å². The van der Waals surface area contributed by atoms with E-state index in [1.54, 1.807) is 0 Å². The average molecular weight is 212 g/mol. The quantitative estimate of drug-likeness (QED) is 0.524. The Kier molecular flexibility index (Phi) is 4.34. The fraction of sp³-hybridized carbons (Fsp3) is 0.636. The molecule has 0 unspecified atom stereocenters. The Morgan fingerprint density at radius 1 is 1.33 bits per heavy atom. The average Bonchev–Trinajstić information content (AvgIpc) is 2.68. The number of carbonyl (C=O) groups excluding carboxylic acids is 2. The second-order valence-corrected chi connectivity index (χ2v) is 3.67. The first-order chi connectivity index (χ1) is 7.13. The Labute approximate surface area is 89.2 Å². The molecule has 0 saturated heterocycles. The van der Waals surface area contributed by atoms with E-state index in [1.165, 1.54) is 7.11 Å². The summed E-state index contributed by atoms with van der Waals surface area (Å²) in [7, 11) is 1.26. The Morgan fingerprint density at radius 3 is 2.47 bits per heavy atom. The van der Waals surface area contributed by atoms with Crippen molar-refractivity contribution in [2.45, 2.75) is 38.2 Å². The van der Waals surface area contributed by atoms with E-state index in [9.17, 15) is 9.59 Å². The van der Waals surface area contributed by atoms with Crippen LogP contribution in [0.2, 0.25) is 0 Å². The van der Waals surface area contributed by atoms with Crippen LogP contribution in [0.15, 0.2) is 12.2 Å². The van der Waals surface area contributed by atoms with Crippen LogP contribution in [0.25, 0.3) is 0 Å². The molecular weight excluding hydrogens is 196 g/mol. The highest BCUT2D eigenvalue weighted by Crippen LogP contribution is 2.21. The first-order valence-corrected chi connectivity index (χ1v) is 5.09. The van der Waals surface area contributed by atoms with Gasteiger partial charge >= 0.3 is 11.9 Å². The van der Waals surface area contributed by atoms with Crippen molar-refractivity contribution in [1.29, 1.82) is 0 Å². The molecule has 0 heterocycles. The second-order valence-electron chi connectivity index (χ2n) is 3.67. The lowest BCUT2D eigenvalue weighted by Gasteiger charge is -2.11. The topological polar surface area (TPSA) is 52.6 Å². The van der Waals surface area contributed by atoms with Crippen molar-refractivity contribution in [3.63, 3.8) is 0 Å². The van der Waals surface area contributed by atoms with Crippen molar-refractivity contribution in [2.24, 2.45) is 0 Å². The molecule has 4 heteroatoms. The number of rotatable bonds is 4. The summed E-state index contributed by atoms with van der Waals surface area (Å²) < 4.78 is 9.61. The summed E-state index contributed by atoms with van der Waals surface area (Å²) in [4.78, 5) is 22.3. The first-order valence-electron chi connectivity index (χ1n) is 5.09. The lowest BCUT2D eigenvalue weighted by molar-refractivity contribution is -0.149. The van der Waals surface area contributed by atoms with Gasteiger partial charge in [-0.1, -0.05) is 6.58 Å². The maximum absolute atomic E-state index is 11.3. The fourth-order valence-electron chi connectivity index (χ4n) is 1.62. The van der Waals surface area contributed by atoms with Gasteiger partial charge in [-0.15, -0.1) is 0 Å². The van der Waals surface area contributed by atoms with Gasteiger partial charge in [0.05, 0.1) is 13.5 Å². The highest BCUT2D eigenvalue weighted by Gasteiger charge is 2.20. The SMILES string of the molecule is C=C(CC(=O)OC1CCCC1)C(=O)OC. The van der Waals surface area contributed by atoms with Crippen molar-refractivity contribution >= 4 is 11.9 Å². The third-order valence-corrected chi connectivity index (χ3v) is 2.43. The van der Waals surface area contributed by atoms with Crippen molar-refractivity contribution in [2.75, 3.05) is 7.11 Å². The highest BCUT2D eigenvalue weighted by molar-refractivity contribution is 5.93. The monoisotopic (exact) mass is 212 g/mol. The normalized spacial score (nSPS) is 16.1. The van der Waals surface area contributed by atoms with Crippen LogP contribution in [-0.4, -0.2) is 25.2 Å². The van der Waals surface area contributed by atoms with Crippen LogP contribution in [0.5, 0.6) is 0 Å². The van der Waals surface area contributed by atoms with Gasteiger partial charge in [0.25, 0.3) is 0 Å². The van der Waals surface area contributed by atoms with Crippen molar-refractivity contribution in [3.05, 3.63) is 12.2 Å². The molecule has 0 atom stereocenters. The molecule has 0 aromatic carbocycles. The predicted molar refractivity (Wildman–Crippen MR) is 54.1 cm³/mol. The predicted octanol–water partition coefficient (Wildman–Crippen LogP) is 1.59. The molecule has 0 N–H and O–H groups in total. The zero-order valence-electron chi connectivity index (χ0n) is 8.95. The maximum Gasteiger partial charge on any atom is 0.333 e.